The second kappa shape index (κ2) is 8.24. The zero-order valence-electron chi connectivity index (χ0n) is 16.1. The second-order valence-corrected chi connectivity index (χ2v) is 6.93. The SMILES string of the molecule is COc1ccccc1NC(=O)C1CCN(C(=O)Cn2nc(C)cc2C)CC1. The summed E-state index contributed by atoms with van der Waals surface area (Å²) in [6, 6.07) is 9.32. The number of nitrogens with one attached hydrogen (secondary N) is 1. The summed E-state index contributed by atoms with van der Waals surface area (Å²) >= 11 is 0. The fourth-order valence-corrected chi connectivity index (χ4v) is 3.44. The number of hydrogen-bond acceptors (Lipinski definition) is 4. The van der Waals surface area contributed by atoms with Gasteiger partial charge in [-0.1, -0.05) is 12.1 Å². The first-order valence-electron chi connectivity index (χ1n) is 9.20. The van der Waals surface area contributed by atoms with Crippen LogP contribution in [0.15, 0.2) is 30.3 Å². The van der Waals surface area contributed by atoms with E-state index in [9.17, 15) is 9.59 Å². The van der Waals surface area contributed by atoms with Crippen LogP contribution < -0.4 is 10.1 Å². The van der Waals surface area contributed by atoms with Gasteiger partial charge in [0, 0.05) is 24.7 Å². The van der Waals surface area contributed by atoms with Crippen molar-refractivity contribution in [2.24, 2.45) is 5.92 Å². The lowest BCUT2D eigenvalue weighted by atomic mass is 9.95. The summed E-state index contributed by atoms with van der Waals surface area (Å²) in [7, 11) is 1.58. The molecule has 7 heteroatoms. The number of hydrogen-bond donors (Lipinski definition) is 1. The quantitative estimate of drug-likeness (QED) is 0.877. The van der Waals surface area contributed by atoms with Crippen LogP contribution in [0.25, 0.3) is 0 Å². The van der Waals surface area contributed by atoms with Crippen LogP contribution in [-0.2, 0) is 16.1 Å². The highest BCUT2D eigenvalue weighted by atomic mass is 16.5. The minimum Gasteiger partial charge on any atom is -0.495 e. The molecule has 1 aliphatic heterocycles. The Morgan fingerprint density at radius 1 is 1.22 bits per heavy atom. The average molecular weight is 370 g/mol. The van der Waals surface area contributed by atoms with Crippen molar-refractivity contribution in [3.8, 4) is 5.75 Å². The molecule has 0 bridgehead atoms. The molecule has 144 valence electrons. The molecule has 2 heterocycles. The number of aryl methyl sites for hydroxylation is 2. The third-order valence-electron chi connectivity index (χ3n) is 4.97. The Morgan fingerprint density at radius 2 is 1.93 bits per heavy atom. The minimum atomic E-state index is -0.104. The number of carbonyl (C=O) groups excluding carboxylic acids is 2. The summed E-state index contributed by atoms with van der Waals surface area (Å²) in [6.07, 6.45) is 1.31. The highest BCUT2D eigenvalue weighted by Crippen LogP contribution is 2.25. The van der Waals surface area contributed by atoms with Crippen LogP contribution in [-0.4, -0.2) is 46.7 Å². The van der Waals surface area contributed by atoms with E-state index in [1.165, 1.54) is 0 Å². The molecule has 1 fully saturated rings. The number of nitrogens with zero attached hydrogens (tertiary/aromatic N) is 3. The Hall–Kier alpha value is -2.83. The Balaban J connectivity index is 1.53. The molecule has 27 heavy (non-hydrogen) atoms. The third kappa shape index (κ3) is 4.48. The lowest BCUT2D eigenvalue weighted by Gasteiger charge is -2.31. The number of rotatable bonds is 5. The van der Waals surface area contributed by atoms with Gasteiger partial charge in [0.2, 0.25) is 11.8 Å². The summed E-state index contributed by atoms with van der Waals surface area (Å²) in [5, 5.41) is 7.29. The first-order chi connectivity index (χ1) is 13.0. The van der Waals surface area contributed by atoms with Crippen molar-refractivity contribution >= 4 is 17.5 Å². The number of para-hydroxylation sites is 2. The van der Waals surface area contributed by atoms with Crippen LogP contribution in [0.2, 0.25) is 0 Å². The molecule has 2 amide bonds. The van der Waals surface area contributed by atoms with Gasteiger partial charge in [0.05, 0.1) is 18.5 Å². The normalized spacial score (nSPS) is 14.9. The van der Waals surface area contributed by atoms with Crippen LogP contribution >= 0.6 is 0 Å². The van der Waals surface area contributed by atoms with Crippen molar-refractivity contribution < 1.29 is 14.3 Å². The van der Waals surface area contributed by atoms with Gasteiger partial charge >= 0.3 is 0 Å². The Labute approximate surface area is 159 Å². The number of carbonyl (C=O) groups is 2. The fourth-order valence-electron chi connectivity index (χ4n) is 3.44. The van der Waals surface area contributed by atoms with Gasteiger partial charge in [0.25, 0.3) is 0 Å². The van der Waals surface area contributed by atoms with Gasteiger partial charge in [-0.3, -0.25) is 14.3 Å². The van der Waals surface area contributed by atoms with Crippen molar-refractivity contribution in [2.75, 3.05) is 25.5 Å². The van der Waals surface area contributed by atoms with Crippen molar-refractivity contribution in [3.05, 3.63) is 41.7 Å². The number of anilines is 1. The molecule has 1 aliphatic rings. The van der Waals surface area contributed by atoms with E-state index in [1.54, 1.807) is 11.8 Å². The second-order valence-electron chi connectivity index (χ2n) is 6.93. The van der Waals surface area contributed by atoms with Crippen molar-refractivity contribution in [1.29, 1.82) is 0 Å². The van der Waals surface area contributed by atoms with E-state index in [4.69, 9.17) is 4.74 Å². The largest absolute Gasteiger partial charge is 0.495 e. The molecule has 1 aromatic heterocycles. The van der Waals surface area contributed by atoms with Gasteiger partial charge < -0.3 is 15.0 Å². The summed E-state index contributed by atoms with van der Waals surface area (Å²) in [6.45, 7) is 5.28. The maximum atomic E-state index is 12.6. The fraction of sp³-hybridized carbons (Fsp3) is 0.450. The highest BCUT2D eigenvalue weighted by molar-refractivity contribution is 5.94. The molecule has 0 spiro atoms. The van der Waals surface area contributed by atoms with Gasteiger partial charge in [-0.15, -0.1) is 0 Å². The highest BCUT2D eigenvalue weighted by Gasteiger charge is 2.28. The van der Waals surface area contributed by atoms with E-state index in [-0.39, 0.29) is 24.3 Å². The van der Waals surface area contributed by atoms with Crippen LogP contribution in [0.5, 0.6) is 5.75 Å². The molecular formula is C20H26N4O3. The van der Waals surface area contributed by atoms with E-state index < -0.39 is 0 Å². The number of piperidine rings is 1. The molecule has 7 nitrogen and oxygen atoms in total. The monoisotopic (exact) mass is 370 g/mol. The average Bonchev–Trinajstić information content (AvgIpc) is 2.99. The Kier molecular flexibility index (Phi) is 5.78. The van der Waals surface area contributed by atoms with Gasteiger partial charge in [0.1, 0.15) is 12.3 Å². The predicted molar refractivity (Wildman–Crippen MR) is 103 cm³/mol. The standard InChI is InChI=1S/C20H26N4O3/c1-14-12-15(2)24(22-14)13-19(25)23-10-8-16(9-11-23)20(26)21-17-6-4-5-7-18(17)27-3/h4-7,12,16H,8-11,13H2,1-3H3,(H,21,26). The predicted octanol–water partition coefficient (Wildman–Crippen LogP) is 2.39. The van der Waals surface area contributed by atoms with Crippen molar-refractivity contribution in [1.82, 2.24) is 14.7 Å². The van der Waals surface area contributed by atoms with E-state index in [1.807, 2.05) is 49.1 Å². The number of methoxy groups -OCH3 is 1. The van der Waals surface area contributed by atoms with E-state index in [0.29, 0.717) is 37.4 Å². The first-order valence-corrected chi connectivity index (χ1v) is 9.20. The van der Waals surface area contributed by atoms with Gasteiger partial charge in [0.15, 0.2) is 0 Å². The lowest BCUT2D eigenvalue weighted by molar-refractivity contribution is -0.135. The first kappa shape index (κ1) is 18.9. The minimum absolute atomic E-state index is 0.0230. The molecule has 0 atom stereocenters. The van der Waals surface area contributed by atoms with Crippen molar-refractivity contribution in [3.63, 3.8) is 0 Å². The van der Waals surface area contributed by atoms with Gasteiger partial charge in [-0.25, -0.2) is 0 Å². The maximum absolute atomic E-state index is 12.6. The topological polar surface area (TPSA) is 76.5 Å². The van der Waals surface area contributed by atoms with Crippen LogP contribution in [0.3, 0.4) is 0 Å². The lowest BCUT2D eigenvalue weighted by Crippen LogP contribution is -2.43. The van der Waals surface area contributed by atoms with Crippen LogP contribution in [0, 0.1) is 19.8 Å². The van der Waals surface area contributed by atoms with Gasteiger partial charge in [-0.05, 0) is 44.9 Å². The van der Waals surface area contributed by atoms with E-state index in [2.05, 4.69) is 10.4 Å². The zero-order valence-corrected chi connectivity index (χ0v) is 16.1. The smallest absolute Gasteiger partial charge is 0.244 e. The Morgan fingerprint density at radius 3 is 2.56 bits per heavy atom. The summed E-state index contributed by atoms with van der Waals surface area (Å²) in [5.74, 6) is 0.561. The van der Waals surface area contributed by atoms with Crippen LogP contribution in [0.1, 0.15) is 24.2 Å². The number of benzene rings is 1. The zero-order chi connectivity index (χ0) is 19.4. The van der Waals surface area contributed by atoms with Gasteiger partial charge in [-0.2, -0.15) is 5.10 Å². The third-order valence-corrected chi connectivity index (χ3v) is 4.97. The molecule has 0 aliphatic carbocycles. The van der Waals surface area contributed by atoms with Crippen LogP contribution in [0.4, 0.5) is 5.69 Å². The Bertz CT molecular complexity index is 822. The van der Waals surface area contributed by atoms with Crippen molar-refractivity contribution in [2.45, 2.75) is 33.2 Å². The summed E-state index contributed by atoms with van der Waals surface area (Å²) < 4.78 is 7.01. The molecule has 0 saturated carbocycles. The molecule has 0 radical (unpaired) electrons. The molecule has 1 N–H and O–H groups in total. The number of aromatic nitrogens is 2. The van der Waals surface area contributed by atoms with E-state index in [0.717, 1.165) is 11.4 Å². The number of amides is 2. The maximum Gasteiger partial charge on any atom is 0.244 e. The molecule has 2 aromatic rings. The number of ether oxygens (including phenoxy) is 1. The molecular weight excluding hydrogens is 344 g/mol. The molecule has 0 unspecified atom stereocenters. The number of likely N-dealkylation sites (tertiary alicyclic amines) is 1. The van der Waals surface area contributed by atoms with E-state index >= 15 is 0 Å². The molecule has 3 rings (SSSR count). The summed E-state index contributed by atoms with van der Waals surface area (Å²) in [4.78, 5) is 26.9. The summed E-state index contributed by atoms with van der Waals surface area (Å²) in [5.41, 5.74) is 2.56. The molecule has 1 saturated heterocycles. The molecule has 1 aromatic carbocycles.